The molecule has 1 saturated heterocycles. The second-order valence-electron chi connectivity index (χ2n) is 3.99. The maximum Gasteiger partial charge on any atom is 0.0639 e. The Bertz CT molecular complexity index is 159. The van der Waals surface area contributed by atoms with Gasteiger partial charge < -0.3 is 10.0 Å². The topological polar surface area (TPSA) is 23.5 Å². The van der Waals surface area contributed by atoms with Gasteiger partial charge in [-0.2, -0.15) is 0 Å². The second kappa shape index (κ2) is 5.40. The quantitative estimate of drug-likeness (QED) is 0.670. The Kier molecular flexibility index (Phi) is 4.46. The molecule has 0 saturated carbocycles. The Morgan fingerprint density at radius 2 is 2.08 bits per heavy atom. The fourth-order valence-electron chi connectivity index (χ4n) is 1.98. The van der Waals surface area contributed by atoms with E-state index in [1.165, 1.54) is 32.5 Å². The average molecular weight is 183 g/mol. The van der Waals surface area contributed by atoms with Crippen molar-refractivity contribution < 1.29 is 5.11 Å². The van der Waals surface area contributed by atoms with Gasteiger partial charge in [0.25, 0.3) is 0 Å². The smallest absolute Gasteiger partial charge is 0.0639 e. The molecule has 1 N–H and O–H groups in total. The van der Waals surface area contributed by atoms with E-state index >= 15 is 0 Å². The number of hydrogen-bond acceptors (Lipinski definition) is 2. The molecule has 0 atom stereocenters. The van der Waals surface area contributed by atoms with E-state index in [2.05, 4.69) is 18.4 Å². The lowest BCUT2D eigenvalue weighted by atomic mass is 9.91. The minimum Gasteiger partial charge on any atom is -0.392 e. The first-order valence-corrected chi connectivity index (χ1v) is 5.26. The molecule has 0 aromatic rings. The van der Waals surface area contributed by atoms with Gasteiger partial charge in [-0.05, 0) is 44.8 Å². The number of hydrogen-bond donors (Lipinski definition) is 1. The third-order valence-electron chi connectivity index (χ3n) is 2.96. The van der Waals surface area contributed by atoms with E-state index in [1.54, 1.807) is 0 Å². The standard InChI is InChI=1S/C11H21NO/c1-3-12-6-4-11(5-7-12)8-10(2)9-13/h11,13H,2-9H2,1H3. The molecule has 0 spiro atoms. The minimum atomic E-state index is 0.161. The molecule has 1 aliphatic rings. The molecule has 0 aromatic heterocycles. The highest BCUT2D eigenvalue weighted by Gasteiger charge is 2.18. The van der Waals surface area contributed by atoms with Crippen molar-refractivity contribution in [3.8, 4) is 0 Å². The number of likely N-dealkylation sites (tertiary alicyclic amines) is 1. The lowest BCUT2D eigenvalue weighted by molar-refractivity contribution is 0.189. The van der Waals surface area contributed by atoms with Crippen LogP contribution in [0.1, 0.15) is 26.2 Å². The van der Waals surface area contributed by atoms with E-state index in [4.69, 9.17) is 5.11 Å². The average Bonchev–Trinajstić information content (AvgIpc) is 2.19. The van der Waals surface area contributed by atoms with Crippen LogP contribution in [-0.2, 0) is 0 Å². The summed E-state index contributed by atoms with van der Waals surface area (Å²) < 4.78 is 0. The van der Waals surface area contributed by atoms with Crippen LogP contribution in [0, 0.1) is 5.92 Å². The van der Waals surface area contributed by atoms with Crippen LogP contribution in [0.4, 0.5) is 0 Å². The van der Waals surface area contributed by atoms with Crippen LogP contribution < -0.4 is 0 Å². The highest BCUT2D eigenvalue weighted by Crippen LogP contribution is 2.22. The molecule has 13 heavy (non-hydrogen) atoms. The Morgan fingerprint density at radius 1 is 1.46 bits per heavy atom. The van der Waals surface area contributed by atoms with Gasteiger partial charge in [-0.3, -0.25) is 0 Å². The number of aliphatic hydroxyl groups is 1. The molecule has 0 aliphatic carbocycles. The van der Waals surface area contributed by atoms with Gasteiger partial charge in [-0.25, -0.2) is 0 Å². The number of nitrogens with zero attached hydrogens (tertiary/aromatic N) is 1. The summed E-state index contributed by atoms with van der Waals surface area (Å²) in [5.74, 6) is 0.766. The molecule has 1 fully saturated rings. The Balaban J connectivity index is 2.21. The Hall–Kier alpha value is -0.340. The van der Waals surface area contributed by atoms with Gasteiger partial charge in [0.15, 0.2) is 0 Å². The van der Waals surface area contributed by atoms with Gasteiger partial charge in [0.1, 0.15) is 0 Å². The molecule has 0 bridgehead atoms. The molecule has 2 nitrogen and oxygen atoms in total. The van der Waals surface area contributed by atoms with Gasteiger partial charge in [0, 0.05) is 0 Å². The monoisotopic (exact) mass is 183 g/mol. The highest BCUT2D eigenvalue weighted by molar-refractivity contribution is 4.96. The third kappa shape index (κ3) is 3.49. The van der Waals surface area contributed by atoms with Crippen molar-refractivity contribution in [2.75, 3.05) is 26.2 Å². The van der Waals surface area contributed by atoms with Crippen molar-refractivity contribution in [3.63, 3.8) is 0 Å². The van der Waals surface area contributed by atoms with E-state index in [0.29, 0.717) is 0 Å². The first kappa shape index (κ1) is 10.7. The molecule has 1 rings (SSSR count). The van der Waals surface area contributed by atoms with E-state index in [-0.39, 0.29) is 6.61 Å². The Labute approximate surface area is 81.2 Å². The predicted molar refractivity (Wildman–Crippen MR) is 55.7 cm³/mol. The zero-order valence-electron chi connectivity index (χ0n) is 8.63. The van der Waals surface area contributed by atoms with Crippen LogP contribution in [0.2, 0.25) is 0 Å². The molecule has 1 aliphatic heterocycles. The van der Waals surface area contributed by atoms with Gasteiger partial charge in [-0.1, -0.05) is 19.1 Å². The van der Waals surface area contributed by atoms with Crippen molar-refractivity contribution >= 4 is 0 Å². The highest BCUT2D eigenvalue weighted by atomic mass is 16.3. The normalized spacial score (nSPS) is 20.5. The van der Waals surface area contributed by atoms with Crippen LogP contribution in [0.15, 0.2) is 12.2 Å². The molecular formula is C11H21NO. The van der Waals surface area contributed by atoms with Gasteiger partial charge in [-0.15, -0.1) is 0 Å². The maximum atomic E-state index is 8.85. The van der Waals surface area contributed by atoms with E-state index in [1.807, 2.05) is 0 Å². The van der Waals surface area contributed by atoms with Crippen LogP contribution >= 0.6 is 0 Å². The van der Waals surface area contributed by atoms with Crippen molar-refractivity contribution in [3.05, 3.63) is 12.2 Å². The largest absolute Gasteiger partial charge is 0.392 e. The van der Waals surface area contributed by atoms with E-state index in [9.17, 15) is 0 Å². The summed E-state index contributed by atoms with van der Waals surface area (Å²) in [6.07, 6.45) is 3.56. The summed E-state index contributed by atoms with van der Waals surface area (Å²) >= 11 is 0. The Morgan fingerprint density at radius 3 is 2.54 bits per heavy atom. The first-order valence-electron chi connectivity index (χ1n) is 5.26. The summed E-state index contributed by atoms with van der Waals surface area (Å²) in [7, 11) is 0. The summed E-state index contributed by atoms with van der Waals surface area (Å²) in [4.78, 5) is 2.48. The zero-order valence-corrected chi connectivity index (χ0v) is 8.63. The molecule has 0 aromatic carbocycles. The summed E-state index contributed by atoms with van der Waals surface area (Å²) in [6.45, 7) is 9.84. The summed E-state index contributed by atoms with van der Waals surface area (Å²) in [5, 5.41) is 8.85. The number of rotatable bonds is 4. The molecule has 1 heterocycles. The summed E-state index contributed by atoms with van der Waals surface area (Å²) in [6, 6.07) is 0. The summed E-state index contributed by atoms with van der Waals surface area (Å²) in [5.41, 5.74) is 0.995. The lowest BCUT2D eigenvalue weighted by Crippen LogP contribution is -2.33. The first-order chi connectivity index (χ1) is 6.26. The number of aliphatic hydroxyl groups excluding tert-OH is 1. The van der Waals surface area contributed by atoms with E-state index < -0.39 is 0 Å². The maximum absolute atomic E-state index is 8.85. The van der Waals surface area contributed by atoms with Crippen LogP contribution in [0.25, 0.3) is 0 Å². The van der Waals surface area contributed by atoms with Crippen LogP contribution in [0.3, 0.4) is 0 Å². The lowest BCUT2D eigenvalue weighted by Gasteiger charge is -2.31. The van der Waals surface area contributed by atoms with Crippen molar-refractivity contribution in [2.45, 2.75) is 26.2 Å². The molecule has 76 valence electrons. The third-order valence-corrected chi connectivity index (χ3v) is 2.96. The molecule has 0 unspecified atom stereocenters. The molecular weight excluding hydrogens is 162 g/mol. The molecule has 2 heteroatoms. The van der Waals surface area contributed by atoms with Crippen LogP contribution in [-0.4, -0.2) is 36.2 Å². The number of piperidine rings is 1. The predicted octanol–water partition coefficient (Wildman–Crippen LogP) is 1.66. The fraction of sp³-hybridized carbons (Fsp3) is 0.818. The van der Waals surface area contributed by atoms with Gasteiger partial charge in [0.2, 0.25) is 0 Å². The van der Waals surface area contributed by atoms with Crippen LogP contribution in [0.5, 0.6) is 0 Å². The SMILES string of the molecule is C=C(CO)CC1CCN(CC)CC1. The second-order valence-corrected chi connectivity index (χ2v) is 3.99. The molecule has 0 amide bonds. The minimum absolute atomic E-state index is 0.161. The van der Waals surface area contributed by atoms with Crippen molar-refractivity contribution in [1.82, 2.24) is 4.90 Å². The zero-order chi connectivity index (χ0) is 9.68. The fourth-order valence-corrected chi connectivity index (χ4v) is 1.98. The molecule has 0 radical (unpaired) electrons. The van der Waals surface area contributed by atoms with Gasteiger partial charge in [0.05, 0.1) is 6.61 Å². The van der Waals surface area contributed by atoms with Crippen molar-refractivity contribution in [2.24, 2.45) is 5.92 Å². The van der Waals surface area contributed by atoms with Crippen molar-refractivity contribution in [1.29, 1.82) is 0 Å². The van der Waals surface area contributed by atoms with Gasteiger partial charge >= 0.3 is 0 Å². The van der Waals surface area contributed by atoms with E-state index in [0.717, 1.165) is 17.9 Å².